The topological polar surface area (TPSA) is 77.8 Å². The minimum absolute atomic E-state index is 0.340. The predicted octanol–water partition coefficient (Wildman–Crippen LogP) is 1.12. The van der Waals surface area contributed by atoms with Crippen LogP contribution in [0.15, 0.2) is 24.3 Å². The van der Waals surface area contributed by atoms with Crippen molar-refractivity contribution in [3.63, 3.8) is 0 Å². The van der Waals surface area contributed by atoms with Crippen molar-refractivity contribution in [2.45, 2.75) is 32.0 Å². The molecular weight excluding hydrogens is 208 g/mol. The molecule has 0 spiro atoms. The van der Waals surface area contributed by atoms with Gasteiger partial charge in [0.1, 0.15) is 0 Å². The molecule has 4 heteroatoms. The summed E-state index contributed by atoms with van der Waals surface area (Å²) in [5, 5.41) is 27.5. The van der Waals surface area contributed by atoms with Crippen LogP contribution in [0.2, 0.25) is 0 Å². The van der Waals surface area contributed by atoms with Crippen LogP contribution in [0.5, 0.6) is 0 Å². The second kappa shape index (κ2) is 4.63. The molecular formula is C12H16O4. The normalized spacial score (nSPS) is 13.5. The Kier molecular flexibility index (Phi) is 3.67. The number of carboxylic acid groups (broad SMARTS) is 1. The molecule has 1 unspecified atom stereocenters. The van der Waals surface area contributed by atoms with Crippen molar-refractivity contribution >= 4 is 5.97 Å². The zero-order valence-corrected chi connectivity index (χ0v) is 9.34. The van der Waals surface area contributed by atoms with Crippen molar-refractivity contribution in [3.8, 4) is 0 Å². The summed E-state index contributed by atoms with van der Waals surface area (Å²) in [6, 6.07) is 6.53. The van der Waals surface area contributed by atoms with Crippen LogP contribution >= 0.6 is 0 Å². The van der Waals surface area contributed by atoms with E-state index < -0.39 is 17.7 Å². The number of aliphatic hydroxyl groups excluding tert-OH is 1. The SMILES string of the molecule is CC(C)(O)Cc1ccc(C(O)C(=O)O)cc1. The van der Waals surface area contributed by atoms with Gasteiger partial charge in [0.25, 0.3) is 0 Å². The highest BCUT2D eigenvalue weighted by Crippen LogP contribution is 2.17. The van der Waals surface area contributed by atoms with Crippen LogP contribution in [-0.2, 0) is 11.2 Å². The van der Waals surface area contributed by atoms with Crippen LogP contribution in [0.1, 0.15) is 31.1 Å². The van der Waals surface area contributed by atoms with Gasteiger partial charge >= 0.3 is 5.97 Å². The Labute approximate surface area is 94.2 Å². The second-order valence-electron chi connectivity index (χ2n) is 4.47. The van der Waals surface area contributed by atoms with Crippen molar-refractivity contribution in [1.29, 1.82) is 0 Å². The van der Waals surface area contributed by atoms with Gasteiger partial charge in [-0.05, 0) is 25.0 Å². The van der Waals surface area contributed by atoms with Gasteiger partial charge < -0.3 is 15.3 Å². The standard InChI is InChI=1S/C12H16O4/c1-12(2,16)7-8-3-5-9(6-4-8)10(13)11(14)15/h3-6,10,13,16H,7H2,1-2H3,(H,14,15). The molecule has 0 amide bonds. The van der Waals surface area contributed by atoms with Gasteiger partial charge in [0.15, 0.2) is 6.10 Å². The fraction of sp³-hybridized carbons (Fsp3) is 0.417. The van der Waals surface area contributed by atoms with Gasteiger partial charge in [-0.1, -0.05) is 24.3 Å². The first-order valence-corrected chi connectivity index (χ1v) is 5.02. The fourth-order valence-electron chi connectivity index (χ4n) is 1.46. The lowest BCUT2D eigenvalue weighted by Crippen LogP contribution is -2.21. The van der Waals surface area contributed by atoms with Crippen molar-refractivity contribution in [1.82, 2.24) is 0 Å². The van der Waals surface area contributed by atoms with E-state index in [2.05, 4.69) is 0 Å². The van der Waals surface area contributed by atoms with Crippen molar-refractivity contribution in [2.24, 2.45) is 0 Å². The molecule has 3 N–H and O–H groups in total. The second-order valence-corrected chi connectivity index (χ2v) is 4.47. The van der Waals surface area contributed by atoms with Gasteiger partial charge in [-0.3, -0.25) is 0 Å². The van der Waals surface area contributed by atoms with E-state index in [0.717, 1.165) is 5.56 Å². The molecule has 1 atom stereocenters. The third-order valence-corrected chi connectivity index (χ3v) is 2.17. The van der Waals surface area contributed by atoms with E-state index >= 15 is 0 Å². The Hall–Kier alpha value is -1.39. The van der Waals surface area contributed by atoms with Gasteiger partial charge in [0.05, 0.1) is 5.60 Å². The maximum absolute atomic E-state index is 10.5. The van der Waals surface area contributed by atoms with Gasteiger partial charge in [0.2, 0.25) is 0 Å². The number of hydrogen-bond donors (Lipinski definition) is 3. The lowest BCUT2D eigenvalue weighted by Gasteiger charge is -2.17. The molecule has 0 radical (unpaired) electrons. The maximum atomic E-state index is 10.5. The average Bonchev–Trinajstić information content (AvgIpc) is 2.15. The molecule has 4 nitrogen and oxygen atoms in total. The number of aliphatic hydroxyl groups is 2. The molecule has 1 rings (SSSR count). The summed E-state index contributed by atoms with van der Waals surface area (Å²) in [5.74, 6) is -1.27. The van der Waals surface area contributed by atoms with Gasteiger partial charge in [-0.15, -0.1) is 0 Å². The van der Waals surface area contributed by atoms with E-state index in [4.69, 9.17) is 5.11 Å². The third kappa shape index (κ3) is 3.64. The molecule has 0 bridgehead atoms. The Morgan fingerprint density at radius 2 is 1.81 bits per heavy atom. The monoisotopic (exact) mass is 224 g/mol. The van der Waals surface area contributed by atoms with Crippen LogP contribution < -0.4 is 0 Å². The van der Waals surface area contributed by atoms with Crippen LogP contribution in [-0.4, -0.2) is 26.9 Å². The van der Waals surface area contributed by atoms with E-state index in [0.29, 0.717) is 12.0 Å². The molecule has 16 heavy (non-hydrogen) atoms. The molecule has 0 aliphatic heterocycles. The lowest BCUT2D eigenvalue weighted by molar-refractivity contribution is -0.146. The van der Waals surface area contributed by atoms with Crippen LogP contribution in [0.3, 0.4) is 0 Å². The molecule has 0 fully saturated rings. The number of hydrogen-bond acceptors (Lipinski definition) is 3. The predicted molar refractivity (Wildman–Crippen MR) is 59.0 cm³/mol. The number of carboxylic acids is 1. The molecule has 0 aliphatic rings. The summed E-state index contributed by atoms with van der Waals surface area (Å²) < 4.78 is 0. The smallest absolute Gasteiger partial charge is 0.337 e. The zero-order valence-electron chi connectivity index (χ0n) is 9.34. The Bertz CT molecular complexity index is 362. The number of carbonyl (C=O) groups is 1. The van der Waals surface area contributed by atoms with Crippen LogP contribution in [0, 0.1) is 0 Å². The van der Waals surface area contributed by atoms with E-state index in [1.165, 1.54) is 0 Å². The number of aliphatic carboxylic acids is 1. The van der Waals surface area contributed by atoms with Crippen molar-refractivity contribution in [3.05, 3.63) is 35.4 Å². The highest BCUT2D eigenvalue weighted by Gasteiger charge is 2.17. The van der Waals surface area contributed by atoms with E-state index in [9.17, 15) is 15.0 Å². The summed E-state index contributed by atoms with van der Waals surface area (Å²) in [4.78, 5) is 10.5. The highest BCUT2D eigenvalue weighted by molar-refractivity contribution is 5.73. The van der Waals surface area contributed by atoms with Crippen molar-refractivity contribution in [2.75, 3.05) is 0 Å². The Morgan fingerprint density at radius 1 is 1.31 bits per heavy atom. The molecule has 0 heterocycles. The summed E-state index contributed by atoms with van der Waals surface area (Å²) >= 11 is 0. The van der Waals surface area contributed by atoms with E-state index in [1.807, 2.05) is 0 Å². The summed E-state index contributed by atoms with van der Waals surface area (Å²) in [5.41, 5.74) is 0.438. The van der Waals surface area contributed by atoms with Crippen LogP contribution in [0.4, 0.5) is 0 Å². The summed E-state index contributed by atoms with van der Waals surface area (Å²) in [7, 11) is 0. The average molecular weight is 224 g/mol. The minimum Gasteiger partial charge on any atom is -0.479 e. The maximum Gasteiger partial charge on any atom is 0.337 e. The third-order valence-electron chi connectivity index (χ3n) is 2.17. The van der Waals surface area contributed by atoms with Gasteiger partial charge in [0, 0.05) is 6.42 Å². The largest absolute Gasteiger partial charge is 0.479 e. The number of rotatable bonds is 4. The summed E-state index contributed by atoms with van der Waals surface area (Å²) in [6.45, 7) is 3.40. The zero-order chi connectivity index (χ0) is 12.3. The first-order chi connectivity index (χ1) is 7.29. The minimum atomic E-state index is -1.49. The first kappa shape index (κ1) is 12.7. The van der Waals surface area contributed by atoms with E-state index in [-0.39, 0.29) is 0 Å². The van der Waals surface area contributed by atoms with Crippen LogP contribution in [0.25, 0.3) is 0 Å². The molecule has 0 aromatic heterocycles. The molecule has 88 valence electrons. The van der Waals surface area contributed by atoms with Gasteiger partial charge in [-0.25, -0.2) is 4.79 Å². The first-order valence-electron chi connectivity index (χ1n) is 5.02. The Morgan fingerprint density at radius 3 is 2.19 bits per heavy atom. The molecule has 1 aromatic rings. The van der Waals surface area contributed by atoms with E-state index in [1.54, 1.807) is 38.1 Å². The quantitative estimate of drug-likeness (QED) is 0.716. The summed E-state index contributed by atoms with van der Waals surface area (Å²) in [6.07, 6.45) is -1.01. The number of benzene rings is 1. The Balaban J connectivity index is 2.79. The van der Waals surface area contributed by atoms with Crippen molar-refractivity contribution < 1.29 is 20.1 Å². The molecule has 1 aromatic carbocycles. The molecule has 0 saturated carbocycles. The fourth-order valence-corrected chi connectivity index (χ4v) is 1.46. The molecule has 0 saturated heterocycles. The van der Waals surface area contributed by atoms with Gasteiger partial charge in [-0.2, -0.15) is 0 Å². The molecule has 0 aliphatic carbocycles. The highest BCUT2D eigenvalue weighted by atomic mass is 16.4. The lowest BCUT2D eigenvalue weighted by atomic mass is 9.97.